The zero-order valence-electron chi connectivity index (χ0n) is 12.4. The van der Waals surface area contributed by atoms with Crippen LogP contribution in [-0.4, -0.2) is 5.91 Å². The fraction of sp³-hybridized carbons (Fsp3) is 0.333. The molecule has 3 rings (SSSR count). The summed E-state index contributed by atoms with van der Waals surface area (Å²) in [5.41, 5.74) is 2.45. The fourth-order valence-corrected chi connectivity index (χ4v) is 4.13. The van der Waals surface area contributed by atoms with Crippen LogP contribution in [0.25, 0.3) is 0 Å². The maximum Gasteiger partial charge on any atom is 0.256 e. The lowest BCUT2D eigenvalue weighted by Gasteiger charge is -2.08. The van der Waals surface area contributed by atoms with Crippen molar-refractivity contribution in [2.75, 3.05) is 5.32 Å². The van der Waals surface area contributed by atoms with Crippen LogP contribution in [0.3, 0.4) is 0 Å². The number of aryl methyl sites for hydroxylation is 1. The monoisotopic (exact) mass is 310 g/mol. The van der Waals surface area contributed by atoms with Gasteiger partial charge in [-0.25, -0.2) is 0 Å². The number of carbonyl (C=O) groups excluding carboxylic acids is 1. The van der Waals surface area contributed by atoms with Gasteiger partial charge in [0.15, 0.2) is 0 Å². The van der Waals surface area contributed by atoms with Crippen LogP contribution in [0, 0.1) is 11.3 Å². The summed E-state index contributed by atoms with van der Waals surface area (Å²) in [5.74, 6) is -0.147. The summed E-state index contributed by atoms with van der Waals surface area (Å²) in [6.45, 7) is 0. The number of hydrogen-bond donors (Lipinski definition) is 1. The molecule has 0 saturated carbocycles. The van der Waals surface area contributed by atoms with Crippen molar-refractivity contribution in [1.29, 1.82) is 5.26 Å². The van der Waals surface area contributed by atoms with Crippen molar-refractivity contribution in [3.63, 3.8) is 0 Å². The number of benzene rings is 1. The third-order valence-corrected chi connectivity index (χ3v) is 5.25. The molecule has 1 amide bonds. The molecule has 0 fully saturated rings. The van der Waals surface area contributed by atoms with E-state index in [9.17, 15) is 10.1 Å². The largest absolute Gasteiger partial charge is 0.312 e. The third-order valence-electron chi connectivity index (χ3n) is 4.05. The lowest BCUT2D eigenvalue weighted by Crippen LogP contribution is -2.11. The van der Waals surface area contributed by atoms with E-state index in [0.29, 0.717) is 16.1 Å². The zero-order chi connectivity index (χ0) is 15.4. The van der Waals surface area contributed by atoms with Gasteiger partial charge in [0.25, 0.3) is 5.91 Å². The first kappa shape index (κ1) is 14.8. The Hall–Kier alpha value is -2.12. The minimum Gasteiger partial charge on any atom is -0.312 e. The highest BCUT2D eigenvalue weighted by molar-refractivity contribution is 7.16. The summed E-state index contributed by atoms with van der Waals surface area (Å²) in [6.07, 6.45) is 6.76. The molecule has 1 heterocycles. The second-order valence-corrected chi connectivity index (χ2v) is 6.66. The van der Waals surface area contributed by atoms with E-state index in [1.54, 1.807) is 23.5 Å². The van der Waals surface area contributed by atoms with Crippen molar-refractivity contribution in [2.24, 2.45) is 0 Å². The maximum absolute atomic E-state index is 12.3. The number of nitrogens with one attached hydrogen (secondary N) is 1. The first-order chi connectivity index (χ1) is 10.8. The van der Waals surface area contributed by atoms with Gasteiger partial charge in [0.05, 0.1) is 5.56 Å². The molecule has 3 nitrogen and oxygen atoms in total. The highest BCUT2D eigenvalue weighted by Gasteiger charge is 2.20. The highest BCUT2D eigenvalue weighted by atomic mass is 32.1. The Kier molecular flexibility index (Phi) is 4.55. The maximum atomic E-state index is 12.3. The smallest absolute Gasteiger partial charge is 0.256 e. The van der Waals surface area contributed by atoms with Crippen LogP contribution in [-0.2, 0) is 12.8 Å². The molecule has 2 aromatic rings. The average Bonchev–Trinajstić information content (AvgIpc) is 2.84. The van der Waals surface area contributed by atoms with Gasteiger partial charge in [0, 0.05) is 10.4 Å². The van der Waals surface area contributed by atoms with E-state index in [1.165, 1.54) is 24.1 Å². The van der Waals surface area contributed by atoms with Gasteiger partial charge in [0.1, 0.15) is 11.1 Å². The molecule has 22 heavy (non-hydrogen) atoms. The van der Waals surface area contributed by atoms with Crippen molar-refractivity contribution in [1.82, 2.24) is 0 Å². The standard InChI is InChI=1S/C18H18N2OS/c19-12-15-14-10-6-1-2-7-11-16(14)22-18(15)20-17(21)13-8-4-3-5-9-13/h3-5,8-9H,1-2,6-7,10-11H2,(H,20,21). The lowest BCUT2D eigenvalue weighted by atomic mass is 9.97. The molecule has 0 atom stereocenters. The second kappa shape index (κ2) is 6.76. The number of thiophene rings is 1. The fourth-order valence-electron chi connectivity index (χ4n) is 2.89. The number of rotatable bonds is 2. The van der Waals surface area contributed by atoms with E-state index in [1.807, 2.05) is 18.2 Å². The van der Waals surface area contributed by atoms with E-state index in [-0.39, 0.29) is 5.91 Å². The van der Waals surface area contributed by atoms with Crippen molar-refractivity contribution < 1.29 is 4.79 Å². The van der Waals surface area contributed by atoms with Crippen LogP contribution in [0.15, 0.2) is 30.3 Å². The molecule has 1 aromatic carbocycles. The number of amides is 1. The summed E-state index contributed by atoms with van der Waals surface area (Å²) in [6, 6.07) is 11.4. The predicted molar refractivity (Wildman–Crippen MR) is 89.3 cm³/mol. The molecule has 0 saturated heterocycles. The van der Waals surface area contributed by atoms with Gasteiger partial charge in [-0.2, -0.15) is 5.26 Å². The number of hydrogen-bond acceptors (Lipinski definition) is 3. The van der Waals surface area contributed by atoms with Gasteiger partial charge in [-0.15, -0.1) is 11.3 Å². The Morgan fingerprint density at radius 2 is 1.82 bits per heavy atom. The van der Waals surface area contributed by atoms with E-state index < -0.39 is 0 Å². The molecule has 112 valence electrons. The summed E-state index contributed by atoms with van der Waals surface area (Å²) >= 11 is 1.58. The van der Waals surface area contributed by atoms with Crippen LogP contribution < -0.4 is 5.32 Å². The predicted octanol–water partition coefficient (Wildman–Crippen LogP) is 4.53. The molecule has 0 spiro atoms. The average molecular weight is 310 g/mol. The quantitative estimate of drug-likeness (QED) is 0.886. The van der Waals surface area contributed by atoms with Crippen LogP contribution in [0.1, 0.15) is 52.0 Å². The van der Waals surface area contributed by atoms with E-state index in [2.05, 4.69) is 11.4 Å². The van der Waals surface area contributed by atoms with Crippen LogP contribution >= 0.6 is 11.3 Å². The third kappa shape index (κ3) is 3.05. The first-order valence-electron chi connectivity index (χ1n) is 7.70. The van der Waals surface area contributed by atoms with Gasteiger partial charge in [-0.1, -0.05) is 31.0 Å². The summed E-state index contributed by atoms with van der Waals surface area (Å²) in [5, 5.41) is 13.2. The Morgan fingerprint density at radius 1 is 1.09 bits per heavy atom. The topological polar surface area (TPSA) is 52.9 Å². The second-order valence-electron chi connectivity index (χ2n) is 5.55. The van der Waals surface area contributed by atoms with Crippen LogP contribution in [0.4, 0.5) is 5.00 Å². The van der Waals surface area contributed by atoms with Crippen molar-refractivity contribution in [3.8, 4) is 6.07 Å². The number of carbonyl (C=O) groups is 1. The molecule has 0 aliphatic heterocycles. The van der Waals surface area contributed by atoms with Gasteiger partial charge >= 0.3 is 0 Å². The molecular formula is C18H18N2OS. The molecule has 0 bridgehead atoms. The SMILES string of the molecule is N#Cc1c(NC(=O)c2ccccc2)sc2c1CCCCCC2. The Labute approximate surface area is 134 Å². The molecular weight excluding hydrogens is 292 g/mol. The van der Waals surface area contributed by atoms with Gasteiger partial charge in [-0.05, 0) is 43.4 Å². The van der Waals surface area contributed by atoms with Crippen LogP contribution in [0.5, 0.6) is 0 Å². The Morgan fingerprint density at radius 3 is 2.55 bits per heavy atom. The molecule has 0 radical (unpaired) electrons. The summed E-state index contributed by atoms with van der Waals surface area (Å²) in [4.78, 5) is 13.6. The zero-order valence-corrected chi connectivity index (χ0v) is 13.2. The number of fused-ring (bicyclic) bond motifs is 1. The molecule has 1 aromatic heterocycles. The van der Waals surface area contributed by atoms with E-state index in [0.717, 1.165) is 24.8 Å². The Balaban J connectivity index is 1.89. The number of anilines is 1. The van der Waals surface area contributed by atoms with Gasteiger partial charge in [0.2, 0.25) is 0 Å². The number of nitrogens with zero attached hydrogens (tertiary/aromatic N) is 1. The molecule has 1 aliphatic carbocycles. The number of nitriles is 1. The van der Waals surface area contributed by atoms with Crippen molar-refractivity contribution >= 4 is 22.2 Å². The van der Waals surface area contributed by atoms with Gasteiger partial charge in [-0.3, -0.25) is 4.79 Å². The molecule has 4 heteroatoms. The first-order valence-corrected chi connectivity index (χ1v) is 8.52. The van der Waals surface area contributed by atoms with Gasteiger partial charge < -0.3 is 5.32 Å². The normalized spacial score (nSPS) is 14.3. The van der Waals surface area contributed by atoms with Crippen molar-refractivity contribution in [2.45, 2.75) is 38.5 Å². The molecule has 0 unspecified atom stereocenters. The van der Waals surface area contributed by atoms with E-state index >= 15 is 0 Å². The minimum absolute atomic E-state index is 0.147. The molecule has 1 aliphatic rings. The van der Waals surface area contributed by atoms with Crippen LogP contribution in [0.2, 0.25) is 0 Å². The Bertz CT molecular complexity index is 713. The minimum atomic E-state index is -0.147. The highest BCUT2D eigenvalue weighted by Crippen LogP contribution is 2.36. The van der Waals surface area contributed by atoms with E-state index in [4.69, 9.17) is 0 Å². The summed E-state index contributed by atoms with van der Waals surface area (Å²) < 4.78 is 0. The molecule has 1 N–H and O–H groups in total. The van der Waals surface area contributed by atoms with Crippen molar-refractivity contribution in [3.05, 3.63) is 51.9 Å². The summed E-state index contributed by atoms with van der Waals surface area (Å²) in [7, 11) is 0. The lowest BCUT2D eigenvalue weighted by molar-refractivity contribution is 0.102.